The lowest BCUT2D eigenvalue weighted by molar-refractivity contribution is 0.414. The van der Waals surface area contributed by atoms with Gasteiger partial charge >= 0.3 is 0 Å². The molecule has 0 amide bonds. The predicted molar refractivity (Wildman–Crippen MR) is 290 cm³/mol. The van der Waals surface area contributed by atoms with Crippen LogP contribution in [0.1, 0.15) is 0 Å². The zero-order valence-corrected chi connectivity index (χ0v) is 41.9. The normalized spacial score (nSPS) is 12.2. The molecular weight excluding hydrogens is 937 g/mol. The molecule has 73 heavy (non-hydrogen) atoms. The van der Waals surface area contributed by atoms with Crippen molar-refractivity contribution < 1.29 is 36.8 Å². The van der Waals surface area contributed by atoms with Gasteiger partial charge in [-0.3, -0.25) is 0 Å². The summed E-state index contributed by atoms with van der Waals surface area (Å²) in [7, 11) is 5.55. The fourth-order valence-electron chi connectivity index (χ4n) is 9.09. The van der Waals surface area contributed by atoms with E-state index >= 15 is 8.42 Å². The van der Waals surface area contributed by atoms with Crippen molar-refractivity contribution in [2.45, 2.75) is 9.79 Å². The van der Waals surface area contributed by atoms with E-state index in [-0.39, 0.29) is 9.79 Å². The molecule has 1 aliphatic rings. The van der Waals surface area contributed by atoms with Crippen LogP contribution < -0.4 is 48.0 Å². The Bertz CT molecular complexity index is 3170. The van der Waals surface area contributed by atoms with Crippen molar-refractivity contribution in [1.82, 2.24) is 0 Å². The number of sulfone groups is 1. The summed E-state index contributed by atoms with van der Waals surface area (Å²) in [5, 5.41) is 0. The van der Waals surface area contributed by atoms with Gasteiger partial charge in [-0.2, -0.15) is 0 Å². The molecule has 0 spiro atoms. The molecule has 12 nitrogen and oxygen atoms in total. The molecule has 0 fully saturated rings. The van der Waals surface area contributed by atoms with Crippen molar-refractivity contribution in [2.24, 2.45) is 0 Å². The Morgan fingerprint density at radius 2 is 0.493 bits per heavy atom. The molecule has 0 N–H and O–H groups in total. The van der Waals surface area contributed by atoms with Crippen LogP contribution in [0.15, 0.2) is 216 Å². The van der Waals surface area contributed by atoms with Crippen LogP contribution in [0.3, 0.4) is 0 Å². The van der Waals surface area contributed by atoms with Gasteiger partial charge < -0.3 is 48.0 Å². The molecule has 1 aliphatic heterocycles. The van der Waals surface area contributed by atoms with Crippen LogP contribution in [-0.2, 0) is 9.84 Å². The van der Waals surface area contributed by atoms with Crippen molar-refractivity contribution in [3.8, 4) is 34.5 Å². The van der Waals surface area contributed by atoms with Gasteiger partial charge in [0.15, 0.2) is 0 Å². The standard InChI is InChI=1S/C60H52N4O8S/c1-67-51-25-11-42(12-26-51)61(43-13-27-52(68-2)28-14-43)41-7-9-48(10-8-41)64-57-37-23-49(62(44-15-29-53(69-3)30-16-44)45-17-31-54(70-4)32-18-45)39-59(57)73(65,66)60-40-50(24-38-58(60)64)63(46-19-33-55(71-5)34-20-46)47-21-35-56(72-6)36-22-47/h7-40H,1-6H3. The van der Waals surface area contributed by atoms with E-state index in [2.05, 4.69) is 4.90 Å². The lowest BCUT2D eigenvalue weighted by Gasteiger charge is -2.35. The largest absolute Gasteiger partial charge is 0.497 e. The molecule has 0 aromatic heterocycles. The number of benzene rings is 9. The molecule has 9 aromatic carbocycles. The highest BCUT2D eigenvalue weighted by atomic mass is 32.2. The van der Waals surface area contributed by atoms with Gasteiger partial charge in [0.1, 0.15) is 34.5 Å². The molecule has 1 heterocycles. The second-order valence-corrected chi connectivity index (χ2v) is 18.7. The average molecular weight is 989 g/mol. The maximum absolute atomic E-state index is 15.7. The Balaban J connectivity index is 1.16. The fourth-order valence-corrected chi connectivity index (χ4v) is 10.7. The molecule has 0 saturated carbocycles. The third-order valence-corrected chi connectivity index (χ3v) is 14.6. The van der Waals surface area contributed by atoms with Gasteiger partial charge in [-0.05, 0) is 206 Å². The number of fused-ring (bicyclic) bond motifs is 2. The zero-order valence-electron chi connectivity index (χ0n) is 41.1. The van der Waals surface area contributed by atoms with Gasteiger partial charge in [0, 0.05) is 56.9 Å². The lowest BCUT2D eigenvalue weighted by Crippen LogP contribution is -2.23. The molecule has 10 rings (SSSR count). The number of nitrogens with zero attached hydrogens (tertiary/aromatic N) is 4. The first kappa shape index (κ1) is 47.6. The van der Waals surface area contributed by atoms with E-state index in [1.54, 1.807) is 54.8 Å². The smallest absolute Gasteiger partial charge is 0.210 e. The summed E-state index contributed by atoms with van der Waals surface area (Å²) in [6.45, 7) is 0. The van der Waals surface area contributed by atoms with E-state index in [0.29, 0.717) is 45.7 Å². The van der Waals surface area contributed by atoms with Crippen LogP contribution in [0.4, 0.5) is 68.2 Å². The predicted octanol–water partition coefficient (Wildman–Crippen LogP) is 14.8. The molecule has 0 bridgehead atoms. The van der Waals surface area contributed by atoms with Crippen molar-refractivity contribution in [2.75, 3.05) is 62.3 Å². The molecular formula is C60H52N4O8S. The summed E-state index contributed by atoms with van der Waals surface area (Å²) in [6, 6.07) is 65.7. The minimum absolute atomic E-state index is 0.129. The van der Waals surface area contributed by atoms with Gasteiger partial charge in [0.2, 0.25) is 9.84 Å². The molecule has 13 heteroatoms. The van der Waals surface area contributed by atoms with Crippen molar-refractivity contribution in [3.05, 3.63) is 206 Å². The van der Waals surface area contributed by atoms with Crippen LogP contribution >= 0.6 is 0 Å². The Kier molecular flexibility index (Phi) is 13.3. The first-order valence-electron chi connectivity index (χ1n) is 23.3. The fraction of sp³-hybridized carbons (Fsp3) is 0.100. The highest BCUT2D eigenvalue weighted by molar-refractivity contribution is 7.92. The third-order valence-electron chi connectivity index (χ3n) is 12.8. The third kappa shape index (κ3) is 9.25. The molecule has 366 valence electrons. The highest BCUT2D eigenvalue weighted by Crippen LogP contribution is 2.52. The van der Waals surface area contributed by atoms with E-state index in [1.165, 1.54) is 0 Å². The second kappa shape index (κ2) is 20.3. The first-order chi connectivity index (χ1) is 35.6. The Morgan fingerprint density at radius 3 is 0.726 bits per heavy atom. The van der Waals surface area contributed by atoms with Crippen LogP contribution in [0.25, 0.3) is 0 Å². The van der Waals surface area contributed by atoms with Crippen LogP contribution in [0.2, 0.25) is 0 Å². The van der Waals surface area contributed by atoms with Crippen LogP contribution in [-0.4, -0.2) is 51.1 Å². The number of ether oxygens (including phenoxy) is 6. The topological polar surface area (TPSA) is 102 Å². The van der Waals surface area contributed by atoms with Crippen molar-refractivity contribution >= 4 is 78.1 Å². The quantitative estimate of drug-likeness (QED) is 0.0921. The van der Waals surface area contributed by atoms with E-state index < -0.39 is 9.84 Å². The maximum atomic E-state index is 15.7. The minimum atomic E-state index is -4.23. The second-order valence-electron chi connectivity index (χ2n) is 16.9. The van der Waals surface area contributed by atoms with Crippen LogP contribution in [0.5, 0.6) is 34.5 Å². The van der Waals surface area contributed by atoms with Gasteiger partial charge in [-0.1, -0.05) is 0 Å². The van der Waals surface area contributed by atoms with Gasteiger partial charge in [0.05, 0.1) is 63.8 Å². The summed E-state index contributed by atoms with van der Waals surface area (Å²) in [5.74, 6) is 4.24. The molecule has 0 aliphatic carbocycles. The number of anilines is 12. The lowest BCUT2D eigenvalue weighted by atomic mass is 10.1. The van der Waals surface area contributed by atoms with Crippen molar-refractivity contribution in [3.63, 3.8) is 0 Å². The SMILES string of the molecule is COc1ccc(N(c2ccc(OC)cc2)c2ccc(N3c4ccc(N(c5ccc(OC)cc5)c5ccc(OC)cc5)cc4S(=O)(=O)c4cc(N(c5ccc(OC)cc5)c5ccc(OC)cc5)ccc43)cc2)cc1. The minimum Gasteiger partial charge on any atom is -0.497 e. The average Bonchev–Trinajstić information content (AvgIpc) is 3.45. The zero-order chi connectivity index (χ0) is 50.6. The summed E-state index contributed by atoms with van der Waals surface area (Å²) in [6.07, 6.45) is 0. The van der Waals surface area contributed by atoms with E-state index in [1.807, 2.05) is 209 Å². The molecule has 0 radical (unpaired) electrons. The molecule has 9 aromatic rings. The summed E-state index contributed by atoms with van der Waals surface area (Å²) in [4.78, 5) is 8.45. The Labute approximate surface area is 425 Å². The number of hydrogen-bond donors (Lipinski definition) is 0. The van der Waals surface area contributed by atoms with E-state index in [9.17, 15) is 0 Å². The number of rotatable bonds is 16. The van der Waals surface area contributed by atoms with E-state index in [0.717, 1.165) is 57.0 Å². The summed E-state index contributed by atoms with van der Waals surface area (Å²) < 4.78 is 64.5. The Morgan fingerprint density at radius 1 is 0.288 bits per heavy atom. The monoisotopic (exact) mass is 988 g/mol. The maximum Gasteiger partial charge on any atom is 0.210 e. The summed E-state index contributed by atoms with van der Waals surface area (Å²) in [5.41, 5.74) is 8.85. The van der Waals surface area contributed by atoms with Gasteiger partial charge in [-0.25, -0.2) is 8.42 Å². The van der Waals surface area contributed by atoms with E-state index in [4.69, 9.17) is 28.4 Å². The van der Waals surface area contributed by atoms with Gasteiger partial charge in [0.25, 0.3) is 0 Å². The molecule has 0 saturated heterocycles. The van der Waals surface area contributed by atoms with Crippen molar-refractivity contribution in [1.29, 1.82) is 0 Å². The molecule has 0 unspecified atom stereocenters. The first-order valence-corrected chi connectivity index (χ1v) is 24.8. The molecule has 0 atom stereocenters. The van der Waals surface area contributed by atoms with Crippen LogP contribution in [0, 0.1) is 0 Å². The summed E-state index contributed by atoms with van der Waals surface area (Å²) >= 11 is 0. The number of methoxy groups -OCH3 is 6. The highest BCUT2D eigenvalue weighted by Gasteiger charge is 2.37. The van der Waals surface area contributed by atoms with Gasteiger partial charge in [-0.15, -0.1) is 0 Å². The number of hydrogen-bond acceptors (Lipinski definition) is 12. The Hall–Kier alpha value is -9.07.